The average Bonchev–Trinajstić information content (AvgIpc) is 2.83. The minimum absolute atomic E-state index is 0.0105. The molecule has 35 heavy (non-hydrogen) atoms. The van der Waals surface area contributed by atoms with Crippen LogP contribution in [0.4, 0.5) is 0 Å². The van der Waals surface area contributed by atoms with Crippen LogP contribution >= 0.6 is 0 Å². The highest BCUT2D eigenvalue weighted by molar-refractivity contribution is 5.93. The summed E-state index contributed by atoms with van der Waals surface area (Å²) in [6, 6.07) is 15.8. The van der Waals surface area contributed by atoms with Crippen molar-refractivity contribution in [3.63, 3.8) is 0 Å². The number of amides is 2. The van der Waals surface area contributed by atoms with E-state index in [9.17, 15) is 14.4 Å². The van der Waals surface area contributed by atoms with Gasteiger partial charge in [0.1, 0.15) is 30.8 Å². The minimum Gasteiger partial charge on any atom is -0.490 e. The number of esters is 1. The van der Waals surface area contributed by atoms with Crippen molar-refractivity contribution in [1.82, 2.24) is 10.2 Å². The largest absolute Gasteiger partial charge is 0.490 e. The van der Waals surface area contributed by atoms with E-state index in [4.69, 9.17) is 14.2 Å². The zero-order valence-electron chi connectivity index (χ0n) is 20.8. The lowest BCUT2D eigenvalue weighted by molar-refractivity contribution is -0.154. The van der Waals surface area contributed by atoms with Crippen LogP contribution in [0.1, 0.15) is 39.7 Å². The van der Waals surface area contributed by atoms with Crippen LogP contribution in [-0.4, -0.2) is 61.1 Å². The number of hydrogen-bond acceptors (Lipinski definition) is 6. The predicted molar refractivity (Wildman–Crippen MR) is 131 cm³/mol. The molecular formula is C27H34N2O6. The molecule has 0 spiro atoms. The first-order valence-electron chi connectivity index (χ1n) is 11.8. The molecule has 2 amide bonds. The molecule has 0 radical (unpaired) electrons. The number of ether oxygens (including phenoxy) is 3. The van der Waals surface area contributed by atoms with Crippen LogP contribution < -0.4 is 14.8 Å². The fraction of sp³-hybridized carbons (Fsp3) is 0.444. The zero-order chi connectivity index (χ0) is 25.4. The van der Waals surface area contributed by atoms with Crippen molar-refractivity contribution >= 4 is 17.8 Å². The third-order valence-electron chi connectivity index (χ3n) is 5.71. The first-order valence-corrected chi connectivity index (χ1v) is 11.8. The normalized spacial score (nSPS) is 16.7. The smallest absolute Gasteiger partial charge is 0.308 e. The fourth-order valence-corrected chi connectivity index (χ4v) is 3.75. The molecule has 0 aliphatic carbocycles. The summed E-state index contributed by atoms with van der Waals surface area (Å²) < 4.78 is 16.6. The van der Waals surface area contributed by atoms with Crippen molar-refractivity contribution in [2.24, 2.45) is 0 Å². The SMILES string of the molecule is CC(Oc1ccc(C(C)(C)C)cc1)C(=O)N1CCNC(=O)C1CC(=O)OCCOc1ccccc1. The Morgan fingerprint density at radius 3 is 2.37 bits per heavy atom. The number of hydrogen-bond donors (Lipinski definition) is 1. The molecule has 1 aliphatic heterocycles. The number of nitrogens with one attached hydrogen (secondary N) is 1. The molecule has 8 heteroatoms. The lowest BCUT2D eigenvalue weighted by Gasteiger charge is -2.36. The third-order valence-corrected chi connectivity index (χ3v) is 5.71. The highest BCUT2D eigenvalue weighted by Gasteiger charge is 2.37. The highest BCUT2D eigenvalue weighted by Crippen LogP contribution is 2.25. The van der Waals surface area contributed by atoms with Gasteiger partial charge in [0, 0.05) is 13.1 Å². The lowest BCUT2D eigenvalue weighted by atomic mass is 9.87. The molecule has 1 heterocycles. The number of piperazine rings is 1. The number of carbonyl (C=O) groups excluding carboxylic acids is 3. The van der Waals surface area contributed by atoms with Crippen LogP contribution in [0.2, 0.25) is 0 Å². The van der Waals surface area contributed by atoms with Gasteiger partial charge in [-0.1, -0.05) is 51.1 Å². The fourth-order valence-electron chi connectivity index (χ4n) is 3.75. The molecule has 2 aromatic carbocycles. The van der Waals surface area contributed by atoms with E-state index in [1.165, 1.54) is 4.90 Å². The topological polar surface area (TPSA) is 94.2 Å². The van der Waals surface area contributed by atoms with Crippen molar-refractivity contribution in [3.05, 3.63) is 60.2 Å². The Morgan fingerprint density at radius 2 is 1.71 bits per heavy atom. The van der Waals surface area contributed by atoms with E-state index in [-0.39, 0.29) is 43.4 Å². The Kier molecular flexibility index (Phi) is 8.73. The van der Waals surface area contributed by atoms with Crippen LogP contribution in [0.3, 0.4) is 0 Å². The van der Waals surface area contributed by atoms with Gasteiger partial charge in [0.25, 0.3) is 5.91 Å². The number of nitrogens with zero attached hydrogens (tertiary/aromatic N) is 1. The van der Waals surface area contributed by atoms with E-state index >= 15 is 0 Å². The maximum Gasteiger partial charge on any atom is 0.308 e. The maximum absolute atomic E-state index is 13.1. The molecule has 1 fully saturated rings. The summed E-state index contributed by atoms with van der Waals surface area (Å²) in [6.07, 6.45) is -1.06. The summed E-state index contributed by atoms with van der Waals surface area (Å²) in [5.74, 6) is -0.0784. The summed E-state index contributed by atoms with van der Waals surface area (Å²) in [5, 5.41) is 2.71. The minimum atomic E-state index is -0.951. The Hall–Kier alpha value is -3.55. The van der Waals surface area contributed by atoms with Gasteiger partial charge in [0.2, 0.25) is 5.91 Å². The monoisotopic (exact) mass is 482 g/mol. The van der Waals surface area contributed by atoms with Crippen LogP contribution in [0.15, 0.2) is 54.6 Å². The van der Waals surface area contributed by atoms with Gasteiger partial charge in [-0.2, -0.15) is 0 Å². The van der Waals surface area contributed by atoms with Crippen LogP contribution in [-0.2, 0) is 24.5 Å². The molecule has 8 nitrogen and oxygen atoms in total. The van der Waals surface area contributed by atoms with Gasteiger partial charge in [-0.05, 0) is 42.2 Å². The van der Waals surface area contributed by atoms with Gasteiger partial charge in [0.05, 0.1) is 6.42 Å². The van der Waals surface area contributed by atoms with E-state index in [0.29, 0.717) is 18.0 Å². The standard InChI is InChI=1S/C27H34N2O6/c1-19(35-22-12-10-20(11-13-22)27(2,3)4)26(32)29-15-14-28-25(31)23(29)18-24(30)34-17-16-33-21-8-6-5-7-9-21/h5-13,19,23H,14-18H2,1-4H3,(H,28,31). The van der Waals surface area contributed by atoms with E-state index in [2.05, 4.69) is 26.1 Å². The Balaban J connectivity index is 1.53. The van der Waals surface area contributed by atoms with Crippen LogP contribution in [0.25, 0.3) is 0 Å². The molecule has 3 rings (SSSR count). The number of benzene rings is 2. The molecule has 2 atom stereocenters. The second-order valence-corrected chi connectivity index (χ2v) is 9.46. The quantitative estimate of drug-likeness (QED) is 0.436. The summed E-state index contributed by atoms with van der Waals surface area (Å²) in [6.45, 7) is 8.84. The third kappa shape index (κ3) is 7.47. The molecule has 2 aromatic rings. The van der Waals surface area contributed by atoms with Gasteiger partial charge in [0.15, 0.2) is 6.10 Å². The van der Waals surface area contributed by atoms with Crippen LogP contribution in [0, 0.1) is 0 Å². The van der Waals surface area contributed by atoms with Gasteiger partial charge in [-0.15, -0.1) is 0 Å². The zero-order valence-corrected chi connectivity index (χ0v) is 20.8. The Morgan fingerprint density at radius 1 is 1.03 bits per heavy atom. The van der Waals surface area contributed by atoms with Crippen molar-refractivity contribution in [1.29, 1.82) is 0 Å². The highest BCUT2D eigenvalue weighted by atomic mass is 16.6. The van der Waals surface area contributed by atoms with Crippen molar-refractivity contribution < 1.29 is 28.6 Å². The average molecular weight is 483 g/mol. The van der Waals surface area contributed by atoms with E-state index < -0.39 is 18.1 Å². The maximum atomic E-state index is 13.1. The summed E-state index contributed by atoms with van der Waals surface area (Å²) >= 11 is 0. The predicted octanol–water partition coefficient (Wildman–Crippen LogP) is 3.09. The second kappa shape index (κ2) is 11.7. The van der Waals surface area contributed by atoms with Crippen molar-refractivity contribution in [2.75, 3.05) is 26.3 Å². The van der Waals surface area contributed by atoms with Gasteiger partial charge >= 0.3 is 5.97 Å². The van der Waals surface area contributed by atoms with Gasteiger partial charge in [-0.3, -0.25) is 14.4 Å². The molecule has 1 saturated heterocycles. The lowest BCUT2D eigenvalue weighted by Crippen LogP contribution is -2.60. The second-order valence-electron chi connectivity index (χ2n) is 9.46. The van der Waals surface area contributed by atoms with Gasteiger partial charge < -0.3 is 24.4 Å². The molecule has 1 N–H and O–H groups in total. The molecule has 2 unspecified atom stereocenters. The molecule has 0 aromatic heterocycles. The van der Waals surface area contributed by atoms with E-state index in [1.807, 2.05) is 42.5 Å². The van der Waals surface area contributed by atoms with Crippen LogP contribution in [0.5, 0.6) is 11.5 Å². The molecule has 188 valence electrons. The number of carbonyl (C=O) groups is 3. The first-order chi connectivity index (χ1) is 16.6. The van der Waals surface area contributed by atoms with Crippen molar-refractivity contribution in [2.45, 2.75) is 51.7 Å². The number of rotatable bonds is 9. The molecular weight excluding hydrogens is 448 g/mol. The van der Waals surface area contributed by atoms with Gasteiger partial charge in [-0.25, -0.2) is 0 Å². The first kappa shape index (κ1) is 26.1. The summed E-state index contributed by atoms with van der Waals surface area (Å²) in [4.78, 5) is 39.4. The Labute approximate surface area is 206 Å². The molecule has 0 bridgehead atoms. The number of para-hydroxylation sites is 1. The molecule has 1 aliphatic rings. The van der Waals surface area contributed by atoms with Crippen molar-refractivity contribution in [3.8, 4) is 11.5 Å². The summed E-state index contributed by atoms with van der Waals surface area (Å²) in [5.41, 5.74) is 1.17. The Bertz CT molecular complexity index is 1000. The summed E-state index contributed by atoms with van der Waals surface area (Å²) in [7, 11) is 0. The van der Waals surface area contributed by atoms with E-state index in [0.717, 1.165) is 5.56 Å². The molecule has 0 saturated carbocycles. The van der Waals surface area contributed by atoms with E-state index in [1.54, 1.807) is 19.1 Å².